The standard InChI is InChI=1S/C23H37N5O9S2/c24-13(22(34)35)6-7-17(29)26-15(21(33)25-10-18(30)31)11-38-9-3-8-37-19(32)5-2-1-4-16-20-14(12-39-16)27-23(36)28-20/h13-16,20H,1-12,24H2,(H,25,33)(H,26,29)(H,30,31)(H,34,35)(H2,27,28,36)/t13-,14-,15-,16-,20-/m0/s1. The highest BCUT2D eigenvalue weighted by Crippen LogP contribution is 2.33. The van der Waals surface area contributed by atoms with Gasteiger partial charge in [0.2, 0.25) is 11.8 Å². The van der Waals surface area contributed by atoms with Crippen molar-refractivity contribution in [2.24, 2.45) is 5.73 Å². The fourth-order valence-electron chi connectivity index (χ4n) is 4.02. The molecule has 4 amide bonds. The van der Waals surface area contributed by atoms with Crippen LogP contribution in [0, 0.1) is 0 Å². The van der Waals surface area contributed by atoms with Crippen molar-refractivity contribution >= 4 is 59.3 Å². The van der Waals surface area contributed by atoms with E-state index in [-0.39, 0.29) is 49.3 Å². The number of rotatable bonds is 19. The van der Waals surface area contributed by atoms with Gasteiger partial charge in [0.1, 0.15) is 18.6 Å². The smallest absolute Gasteiger partial charge is 0.322 e. The first-order valence-corrected chi connectivity index (χ1v) is 15.0. The van der Waals surface area contributed by atoms with E-state index in [0.29, 0.717) is 30.3 Å². The Morgan fingerprint density at radius 1 is 1.13 bits per heavy atom. The van der Waals surface area contributed by atoms with E-state index in [0.717, 1.165) is 18.6 Å². The Kier molecular flexibility index (Phi) is 14.2. The molecule has 14 nitrogen and oxygen atoms in total. The van der Waals surface area contributed by atoms with Crippen LogP contribution in [0.4, 0.5) is 4.79 Å². The lowest BCUT2D eigenvalue weighted by atomic mass is 10.0. The lowest BCUT2D eigenvalue weighted by Gasteiger charge is -2.18. The second-order valence-electron chi connectivity index (χ2n) is 9.23. The molecule has 0 aliphatic carbocycles. The Bertz CT molecular complexity index is 894. The Balaban J connectivity index is 1.59. The number of nitrogens with two attached hydrogens (primary N) is 1. The van der Waals surface area contributed by atoms with E-state index >= 15 is 0 Å². The van der Waals surface area contributed by atoms with Crippen molar-refractivity contribution in [2.75, 3.05) is 30.4 Å². The number of urea groups is 1. The van der Waals surface area contributed by atoms with Gasteiger partial charge in [-0.25, -0.2) is 4.79 Å². The minimum Gasteiger partial charge on any atom is -0.480 e. The van der Waals surface area contributed by atoms with Gasteiger partial charge in [0.15, 0.2) is 0 Å². The number of fused-ring (bicyclic) bond motifs is 1. The van der Waals surface area contributed by atoms with Crippen molar-refractivity contribution in [3.63, 3.8) is 0 Å². The van der Waals surface area contributed by atoms with Gasteiger partial charge in [-0.15, -0.1) is 0 Å². The zero-order chi connectivity index (χ0) is 28.8. The Morgan fingerprint density at radius 3 is 2.62 bits per heavy atom. The molecule has 2 fully saturated rings. The largest absolute Gasteiger partial charge is 0.480 e. The maximum atomic E-state index is 12.3. The number of carboxylic acid groups (broad SMARTS) is 2. The van der Waals surface area contributed by atoms with Crippen LogP contribution >= 0.6 is 23.5 Å². The average Bonchev–Trinajstić information content (AvgIpc) is 3.43. The number of nitrogens with one attached hydrogen (secondary N) is 4. The second-order valence-corrected chi connectivity index (χ2v) is 11.7. The minimum atomic E-state index is -1.24. The average molecular weight is 592 g/mol. The van der Waals surface area contributed by atoms with Gasteiger partial charge in [-0.1, -0.05) is 6.42 Å². The third kappa shape index (κ3) is 12.3. The molecule has 2 aliphatic heterocycles. The molecule has 0 aromatic rings. The molecule has 0 radical (unpaired) electrons. The summed E-state index contributed by atoms with van der Waals surface area (Å²) in [6.45, 7) is -0.398. The van der Waals surface area contributed by atoms with Crippen molar-refractivity contribution in [3.05, 3.63) is 0 Å². The number of aliphatic carboxylic acids is 2. The monoisotopic (exact) mass is 591 g/mol. The van der Waals surface area contributed by atoms with Crippen molar-refractivity contribution in [1.29, 1.82) is 0 Å². The molecule has 2 saturated heterocycles. The summed E-state index contributed by atoms with van der Waals surface area (Å²) in [5.74, 6) is -2.45. The molecular formula is C23H37N5O9S2. The first kappa shape index (κ1) is 32.5. The Labute approximate surface area is 234 Å². The number of hydrogen-bond donors (Lipinski definition) is 7. The van der Waals surface area contributed by atoms with E-state index in [1.165, 1.54) is 11.8 Å². The molecule has 0 spiro atoms. The third-order valence-corrected chi connectivity index (χ3v) is 8.76. The minimum absolute atomic E-state index is 0.112. The fourth-order valence-corrected chi connectivity index (χ4v) is 6.53. The zero-order valence-corrected chi connectivity index (χ0v) is 23.2. The molecule has 2 rings (SSSR count). The topological polar surface area (TPSA) is 226 Å². The number of ether oxygens (including phenoxy) is 1. The quantitative estimate of drug-likeness (QED) is 0.0560. The van der Waals surface area contributed by atoms with Crippen LogP contribution in [-0.4, -0.2) is 106 Å². The van der Waals surface area contributed by atoms with Gasteiger partial charge in [0.25, 0.3) is 0 Å². The summed E-state index contributed by atoms with van der Waals surface area (Å²) in [7, 11) is 0. The number of carboxylic acids is 2. The van der Waals surface area contributed by atoms with Gasteiger partial charge in [0.05, 0.1) is 18.7 Å². The van der Waals surface area contributed by atoms with Crippen LogP contribution in [0.5, 0.6) is 0 Å². The van der Waals surface area contributed by atoms with Crippen LogP contribution in [-0.2, 0) is 28.7 Å². The van der Waals surface area contributed by atoms with E-state index in [1.54, 1.807) is 0 Å². The zero-order valence-electron chi connectivity index (χ0n) is 21.5. The van der Waals surface area contributed by atoms with E-state index < -0.39 is 42.4 Å². The predicted molar refractivity (Wildman–Crippen MR) is 144 cm³/mol. The van der Waals surface area contributed by atoms with E-state index in [9.17, 15) is 28.8 Å². The van der Waals surface area contributed by atoms with Crippen molar-refractivity contribution in [2.45, 2.75) is 74.4 Å². The van der Waals surface area contributed by atoms with Crippen molar-refractivity contribution < 1.29 is 43.7 Å². The highest BCUT2D eigenvalue weighted by atomic mass is 32.2. The van der Waals surface area contributed by atoms with Gasteiger partial charge < -0.3 is 42.0 Å². The Morgan fingerprint density at radius 2 is 1.90 bits per heavy atom. The summed E-state index contributed by atoms with van der Waals surface area (Å²) >= 11 is 3.16. The number of unbranched alkanes of at least 4 members (excludes halogenated alkanes) is 1. The summed E-state index contributed by atoms with van der Waals surface area (Å²) in [5.41, 5.74) is 5.39. The first-order valence-electron chi connectivity index (χ1n) is 12.8. The van der Waals surface area contributed by atoms with E-state index in [4.69, 9.17) is 20.7 Å². The van der Waals surface area contributed by atoms with E-state index in [1.807, 2.05) is 11.8 Å². The van der Waals surface area contributed by atoms with Crippen LogP contribution < -0.4 is 27.0 Å². The number of thioether (sulfide) groups is 2. The molecule has 220 valence electrons. The molecule has 0 aromatic heterocycles. The van der Waals surface area contributed by atoms with Gasteiger partial charge in [-0.2, -0.15) is 23.5 Å². The number of carbonyl (C=O) groups excluding carboxylic acids is 4. The van der Waals surface area contributed by atoms with Gasteiger partial charge >= 0.3 is 23.9 Å². The van der Waals surface area contributed by atoms with Crippen LogP contribution in [0.3, 0.4) is 0 Å². The molecule has 0 unspecified atom stereocenters. The lowest BCUT2D eigenvalue weighted by Crippen LogP contribution is -2.49. The number of amides is 4. The van der Waals surface area contributed by atoms with Gasteiger partial charge in [-0.05, 0) is 31.4 Å². The maximum Gasteiger partial charge on any atom is 0.322 e. The SMILES string of the molecule is N[C@@H](CCC(=O)N[C@@H](CSCCCOC(=O)CCCC[C@@H]1SC[C@@H]2NC(=O)N[C@@H]21)C(=O)NCC(=O)O)C(=O)O. The van der Waals surface area contributed by atoms with Crippen LogP contribution in [0.1, 0.15) is 44.9 Å². The number of carbonyl (C=O) groups is 6. The van der Waals surface area contributed by atoms with E-state index in [2.05, 4.69) is 21.3 Å². The predicted octanol–water partition coefficient (Wildman–Crippen LogP) is -0.744. The highest BCUT2D eigenvalue weighted by Gasteiger charge is 2.42. The number of hydrogen-bond acceptors (Lipinski definition) is 10. The van der Waals surface area contributed by atoms with Gasteiger partial charge in [0, 0.05) is 29.6 Å². The maximum absolute atomic E-state index is 12.3. The molecule has 0 bridgehead atoms. The molecule has 2 aliphatic rings. The molecule has 0 saturated carbocycles. The lowest BCUT2D eigenvalue weighted by molar-refractivity contribution is -0.144. The molecule has 2 heterocycles. The normalized spacial score (nSPS) is 21.2. The first-order chi connectivity index (χ1) is 18.6. The van der Waals surface area contributed by atoms with Crippen LogP contribution in [0.2, 0.25) is 0 Å². The summed E-state index contributed by atoms with van der Waals surface area (Å²) in [6.07, 6.45) is 3.00. The molecular weight excluding hydrogens is 554 g/mol. The van der Waals surface area contributed by atoms with Crippen molar-refractivity contribution in [3.8, 4) is 0 Å². The molecule has 39 heavy (non-hydrogen) atoms. The van der Waals surface area contributed by atoms with Crippen LogP contribution in [0.15, 0.2) is 0 Å². The van der Waals surface area contributed by atoms with Gasteiger partial charge in [-0.3, -0.25) is 24.0 Å². The third-order valence-electron chi connectivity index (χ3n) is 6.10. The summed E-state index contributed by atoms with van der Waals surface area (Å²) in [5, 5.41) is 28.5. The molecule has 5 atom stereocenters. The van der Waals surface area contributed by atoms with Crippen LogP contribution in [0.25, 0.3) is 0 Å². The highest BCUT2D eigenvalue weighted by molar-refractivity contribution is 8.00. The molecule has 8 N–H and O–H groups in total. The number of esters is 1. The molecule has 0 aromatic carbocycles. The second kappa shape index (κ2) is 17.1. The summed E-state index contributed by atoms with van der Waals surface area (Å²) in [6, 6.07) is -2.01. The Hall–Kier alpha value is -2.72. The summed E-state index contributed by atoms with van der Waals surface area (Å²) in [4.78, 5) is 69.4. The summed E-state index contributed by atoms with van der Waals surface area (Å²) < 4.78 is 5.26. The molecule has 16 heteroatoms. The fraction of sp³-hybridized carbons (Fsp3) is 0.739. The van der Waals surface area contributed by atoms with Crippen molar-refractivity contribution in [1.82, 2.24) is 21.3 Å².